The van der Waals surface area contributed by atoms with Crippen LogP contribution in [0.4, 0.5) is 5.69 Å². The summed E-state index contributed by atoms with van der Waals surface area (Å²) in [5, 5.41) is 11.2. The lowest BCUT2D eigenvalue weighted by molar-refractivity contribution is 0.169. The van der Waals surface area contributed by atoms with Crippen LogP contribution in [0.1, 0.15) is 19.5 Å². The topological polar surface area (TPSA) is 68.9 Å². The van der Waals surface area contributed by atoms with Crippen molar-refractivity contribution in [3.05, 3.63) is 48.4 Å². The second kappa shape index (κ2) is 10.1. The zero-order valence-electron chi connectivity index (χ0n) is 17.1. The van der Waals surface area contributed by atoms with Gasteiger partial charge in [-0.05, 0) is 18.1 Å². The van der Waals surface area contributed by atoms with Crippen LogP contribution in [0.15, 0.2) is 52.2 Å². The quantitative estimate of drug-likeness (QED) is 0.565. The van der Waals surface area contributed by atoms with Crippen molar-refractivity contribution < 1.29 is 4.52 Å². The average molecular weight is 385 g/mol. The van der Waals surface area contributed by atoms with Crippen molar-refractivity contribution >= 4 is 11.6 Å². The van der Waals surface area contributed by atoms with Gasteiger partial charge in [-0.3, -0.25) is 9.89 Å². The van der Waals surface area contributed by atoms with Gasteiger partial charge >= 0.3 is 0 Å². The van der Waals surface area contributed by atoms with Gasteiger partial charge in [0.15, 0.2) is 5.96 Å². The fourth-order valence-corrected chi connectivity index (χ4v) is 3.40. The molecule has 2 heterocycles. The fourth-order valence-electron chi connectivity index (χ4n) is 3.40. The SMILES string of the molecule is CN=C(NCC(Nc1ccccc1)C(C)C)N1CCN(Cc2ccon2)CC1. The molecular formula is C21H32N6O. The molecule has 7 nitrogen and oxygen atoms in total. The minimum absolute atomic E-state index is 0.326. The number of anilines is 1. The lowest BCUT2D eigenvalue weighted by Crippen LogP contribution is -2.53. The summed E-state index contributed by atoms with van der Waals surface area (Å²) in [7, 11) is 1.86. The molecule has 1 aliphatic heterocycles. The number of aromatic nitrogens is 1. The largest absolute Gasteiger partial charge is 0.380 e. The molecule has 7 heteroatoms. The Labute approximate surface area is 167 Å². The Kier molecular flexibility index (Phi) is 7.31. The van der Waals surface area contributed by atoms with Crippen molar-refractivity contribution in [1.82, 2.24) is 20.3 Å². The van der Waals surface area contributed by atoms with E-state index < -0.39 is 0 Å². The molecule has 2 N–H and O–H groups in total. The van der Waals surface area contributed by atoms with Gasteiger partial charge in [-0.1, -0.05) is 37.2 Å². The lowest BCUT2D eigenvalue weighted by atomic mass is 10.0. The van der Waals surface area contributed by atoms with Crippen molar-refractivity contribution in [3.63, 3.8) is 0 Å². The average Bonchev–Trinajstić information content (AvgIpc) is 3.22. The monoisotopic (exact) mass is 384 g/mol. The molecule has 2 aromatic rings. The number of para-hydroxylation sites is 1. The highest BCUT2D eigenvalue weighted by atomic mass is 16.5. The summed E-state index contributed by atoms with van der Waals surface area (Å²) in [6, 6.07) is 12.6. The lowest BCUT2D eigenvalue weighted by Gasteiger charge is -2.36. The van der Waals surface area contributed by atoms with Gasteiger partial charge in [-0.25, -0.2) is 0 Å². The van der Waals surface area contributed by atoms with Crippen LogP contribution in [0.25, 0.3) is 0 Å². The van der Waals surface area contributed by atoms with Gasteiger partial charge in [0.1, 0.15) is 6.26 Å². The van der Waals surface area contributed by atoms with Crippen LogP contribution in [0, 0.1) is 5.92 Å². The minimum Gasteiger partial charge on any atom is -0.380 e. The van der Waals surface area contributed by atoms with Gasteiger partial charge in [0.05, 0.1) is 5.69 Å². The van der Waals surface area contributed by atoms with Crippen molar-refractivity contribution in [2.45, 2.75) is 26.4 Å². The summed E-state index contributed by atoms with van der Waals surface area (Å²) in [6.45, 7) is 10.0. The summed E-state index contributed by atoms with van der Waals surface area (Å²) in [5.74, 6) is 1.48. The standard InChI is InChI=1S/C21H32N6O/c1-17(2)20(24-18-7-5-4-6-8-18)15-23-21(22-3)27-12-10-26(11-13-27)16-19-9-14-28-25-19/h4-9,14,17,20,24H,10-13,15-16H2,1-3H3,(H,22,23). The maximum Gasteiger partial charge on any atom is 0.193 e. The molecule has 1 saturated heterocycles. The van der Waals surface area contributed by atoms with E-state index in [9.17, 15) is 0 Å². The number of nitrogens with one attached hydrogen (secondary N) is 2. The van der Waals surface area contributed by atoms with Gasteiger partial charge in [0.25, 0.3) is 0 Å². The van der Waals surface area contributed by atoms with E-state index in [-0.39, 0.29) is 0 Å². The molecule has 0 radical (unpaired) electrons. The number of benzene rings is 1. The first-order valence-corrected chi connectivity index (χ1v) is 10.0. The van der Waals surface area contributed by atoms with E-state index in [0.29, 0.717) is 12.0 Å². The molecule has 1 aromatic carbocycles. The molecule has 1 unspecified atom stereocenters. The third-order valence-corrected chi connectivity index (χ3v) is 5.17. The summed E-state index contributed by atoms with van der Waals surface area (Å²) in [5.41, 5.74) is 2.14. The zero-order valence-corrected chi connectivity index (χ0v) is 17.1. The highest BCUT2D eigenvalue weighted by molar-refractivity contribution is 5.80. The zero-order chi connectivity index (χ0) is 19.8. The van der Waals surface area contributed by atoms with E-state index in [1.54, 1.807) is 6.26 Å². The highest BCUT2D eigenvalue weighted by Gasteiger charge is 2.21. The Morgan fingerprint density at radius 3 is 2.50 bits per heavy atom. The summed E-state index contributed by atoms with van der Waals surface area (Å²) < 4.78 is 4.93. The Balaban J connectivity index is 1.48. The van der Waals surface area contributed by atoms with Crippen LogP contribution in [-0.2, 0) is 6.54 Å². The first kappa shape index (κ1) is 20.2. The molecule has 0 amide bonds. The Morgan fingerprint density at radius 1 is 1.14 bits per heavy atom. The van der Waals surface area contributed by atoms with E-state index in [1.807, 2.05) is 19.2 Å². The first-order chi connectivity index (χ1) is 13.7. The Bertz CT molecular complexity index is 708. The van der Waals surface area contributed by atoms with Crippen LogP contribution >= 0.6 is 0 Å². The smallest absolute Gasteiger partial charge is 0.193 e. The Hall–Kier alpha value is -2.54. The highest BCUT2D eigenvalue weighted by Crippen LogP contribution is 2.12. The summed E-state index contributed by atoms with van der Waals surface area (Å²) >= 11 is 0. The molecule has 1 atom stereocenters. The molecule has 1 aromatic heterocycles. The van der Waals surface area contributed by atoms with E-state index in [1.165, 1.54) is 0 Å². The number of nitrogens with zero attached hydrogens (tertiary/aromatic N) is 4. The van der Waals surface area contributed by atoms with Gasteiger partial charge in [0.2, 0.25) is 0 Å². The van der Waals surface area contributed by atoms with Crippen LogP contribution in [0.2, 0.25) is 0 Å². The second-order valence-corrected chi connectivity index (χ2v) is 7.54. The molecular weight excluding hydrogens is 352 g/mol. The maximum atomic E-state index is 4.93. The molecule has 0 aliphatic carbocycles. The van der Waals surface area contributed by atoms with Gasteiger partial charge in [-0.2, -0.15) is 0 Å². The number of aliphatic imine (C=N–C) groups is 1. The number of hydrogen-bond donors (Lipinski definition) is 2. The first-order valence-electron chi connectivity index (χ1n) is 10.0. The summed E-state index contributed by atoms with van der Waals surface area (Å²) in [4.78, 5) is 9.24. The number of rotatable bonds is 7. The predicted molar refractivity (Wildman–Crippen MR) is 113 cm³/mol. The van der Waals surface area contributed by atoms with Crippen LogP contribution in [-0.4, -0.2) is 66.7 Å². The van der Waals surface area contributed by atoms with Crippen molar-refractivity contribution in [3.8, 4) is 0 Å². The van der Waals surface area contributed by atoms with Crippen molar-refractivity contribution in [1.29, 1.82) is 0 Å². The second-order valence-electron chi connectivity index (χ2n) is 7.54. The van der Waals surface area contributed by atoms with E-state index >= 15 is 0 Å². The fraction of sp³-hybridized carbons (Fsp3) is 0.524. The maximum absolute atomic E-state index is 4.93. The molecule has 28 heavy (non-hydrogen) atoms. The van der Waals surface area contributed by atoms with E-state index in [0.717, 1.165) is 56.6 Å². The minimum atomic E-state index is 0.326. The van der Waals surface area contributed by atoms with Crippen LogP contribution in [0.5, 0.6) is 0 Å². The number of guanidine groups is 1. The van der Waals surface area contributed by atoms with Crippen molar-refractivity contribution in [2.75, 3.05) is 45.1 Å². The molecule has 0 saturated carbocycles. The Morgan fingerprint density at radius 2 is 1.89 bits per heavy atom. The van der Waals surface area contributed by atoms with E-state index in [2.05, 4.69) is 68.7 Å². The van der Waals surface area contributed by atoms with E-state index in [4.69, 9.17) is 4.52 Å². The summed E-state index contributed by atoms with van der Waals surface area (Å²) in [6.07, 6.45) is 1.63. The van der Waals surface area contributed by atoms with Gasteiger partial charge < -0.3 is 20.1 Å². The van der Waals surface area contributed by atoms with Crippen LogP contribution in [0.3, 0.4) is 0 Å². The number of piperazine rings is 1. The normalized spacial score (nSPS) is 17.0. The molecule has 0 bridgehead atoms. The molecule has 1 aliphatic rings. The van der Waals surface area contributed by atoms with Crippen LogP contribution < -0.4 is 10.6 Å². The third-order valence-electron chi connectivity index (χ3n) is 5.17. The van der Waals surface area contributed by atoms with Gasteiger partial charge in [-0.15, -0.1) is 0 Å². The third kappa shape index (κ3) is 5.73. The van der Waals surface area contributed by atoms with Crippen molar-refractivity contribution in [2.24, 2.45) is 10.9 Å². The molecule has 0 spiro atoms. The molecule has 152 valence electrons. The van der Waals surface area contributed by atoms with Gasteiger partial charge in [0, 0.05) is 64.1 Å². The number of hydrogen-bond acceptors (Lipinski definition) is 5. The predicted octanol–water partition coefficient (Wildman–Crippen LogP) is 2.50. The molecule has 1 fully saturated rings. The molecule has 3 rings (SSSR count).